The standard InChI is InChI=1S/C10H17BrO/c1-8(2)4-10(7-11)5-9(3)6-12-10/h9H,1,4-7H2,2-3H3. The Hall–Kier alpha value is 0.180. The molecule has 0 N–H and O–H groups in total. The predicted molar refractivity (Wildman–Crippen MR) is 55.7 cm³/mol. The molecule has 1 nitrogen and oxygen atoms in total. The largest absolute Gasteiger partial charge is 0.374 e. The maximum atomic E-state index is 5.81. The van der Waals surface area contributed by atoms with Gasteiger partial charge in [0, 0.05) is 5.33 Å². The third-order valence-electron chi connectivity index (χ3n) is 2.26. The molecule has 1 rings (SSSR count). The van der Waals surface area contributed by atoms with Crippen LogP contribution >= 0.6 is 15.9 Å². The van der Waals surface area contributed by atoms with E-state index >= 15 is 0 Å². The first-order valence-electron chi connectivity index (χ1n) is 4.42. The lowest BCUT2D eigenvalue weighted by atomic mass is 9.91. The van der Waals surface area contributed by atoms with E-state index in [1.54, 1.807) is 0 Å². The molecule has 2 unspecified atom stereocenters. The molecule has 0 aromatic rings. The van der Waals surface area contributed by atoms with Gasteiger partial charge in [0.15, 0.2) is 0 Å². The molecule has 0 amide bonds. The molecule has 1 saturated heterocycles. The van der Waals surface area contributed by atoms with Crippen molar-refractivity contribution in [1.29, 1.82) is 0 Å². The molecule has 70 valence electrons. The molecule has 1 fully saturated rings. The average molecular weight is 233 g/mol. The molecule has 0 radical (unpaired) electrons. The van der Waals surface area contributed by atoms with Crippen molar-refractivity contribution in [3.8, 4) is 0 Å². The Labute approximate surface area is 83.3 Å². The van der Waals surface area contributed by atoms with Gasteiger partial charge in [-0.2, -0.15) is 0 Å². The number of hydrogen-bond acceptors (Lipinski definition) is 1. The number of halogens is 1. The lowest BCUT2D eigenvalue weighted by molar-refractivity contribution is 0.0249. The van der Waals surface area contributed by atoms with Gasteiger partial charge in [-0.3, -0.25) is 0 Å². The van der Waals surface area contributed by atoms with Crippen LogP contribution in [0.4, 0.5) is 0 Å². The SMILES string of the molecule is C=C(C)CC1(CBr)CC(C)CO1. The minimum Gasteiger partial charge on any atom is -0.374 e. The van der Waals surface area contributed by atoms with E-state index in [-0.39, 0.29) is 5.60 Å². The molecule has 2 atom stereocenters. The van der Waals surface area contributed by atoms with E-state index in [1.807, 2.05) is 0 Å². The fourth-order valence-corrected chi connectivity index (χ4v) is 2.47. The van der Waals surface area contributed by atoms with Gasteiger partial charge in [-0.25, -0.2) is 0 Å². The number of rotatable bonds is 3. The van der Waals surface area contributed by atoms with E-state index in [9.17, 15) is 0 Å². The quantitative estimate of drug-likeness (QED) is 0.537. The van der Waals surface area contributed by atoms with E-state index in [1.165, 1.54) is 5.57 Å². The highest BCUT2D eigenvalue weighted by molar-refractivity contribution is 9.09. The van der Waals surface area contributed by atoms with Gasteiger partial charge < -0.3 is 4.74 Å². The van der Waals surface area contributed by atoms with Crippen LogP contribution in [0.3, 0.4) is 0 Å². The van der Waals surface area contributed by atoms with E-state index in [4.69, 9.17) is 4.74 Å². The van der Waals surface area contributed by atoms with Crippen LogP contribution in [0.15, 0.2) is 12.2 Å². The molecular weight excluding hydrogens is 216 g/mol. The topological polar surface area (TPSA) is 9.23 Å². The summed E-state index contributed by atoms with van der Waals surface area (Å²) in [5.41, 5.74) is 1.26. The Morgan fingerprint density at radius 3 is 2.75 bits per heavy atom. The summed E-state index contributed by atoms with van der Waals surface area (Å²) in [6, 6.07) is 0. The lowest BCUT2D eigenvalue weighted by Crippen LogP contribution is -2.30. The predicted octanol–water partition coefficient (Wildman–Crippen LogP) is 3.14. The van der Waals surface area contributed by atoms with Crippen LogP contribution in [0.2, 0.25) is 0 Å². The van der Waals surface area contributed by atoms with Crippen molar-refractivity contribution in [2.75, 3.05) is 11.9 Å². The van der Waals surface area contributed by atoms with Crippen molar-refractivity contribution in [1.82, 2.24) is 0 Å². The van der Waals surface area contributed by atoms with Gasteiger partial charge in [0.25, 0.3) is 0 Å². The van der Waals surface area contributed by atoms with Crippen molar-refractivity contribution in [3.05, 3.63) is 12.2 Å². The summed E-state index contributed by atoms with van der Waals surface area (Å²) >= 11 is 3.52. The molecule has 0 aromatic heterocycles. The van der Waals surface area contributed by atoms with Crippen LogP contribution in [0.5, 0.6) is 0 Å². The first kappa shape index (κ1) is 10.3. The molecule has 2 heteroatoms. The molecule has 0 saturated carbocycles. The fraction of sp³-hybridized carbons (Fsp3) is 0.800. The van der Waals surface area contributed by atoms with Crippen LogP contribution in [-0.2, 0) is 4.74 Å². The van der Waals surface area contributed by atoms with Gasteiger partial charge in [-0.05, 0) is 25.7 Å². The van der Waals surface area contributed by atoms with E-state index in [0.717, 1.165) is 24.8 Å². The first-order chi connectivity index (χ1) is 5.58. The summed E-state index contributed by atoms with van der Waals surface area (Å²) in [6.07, 6.45) is 2.15. The maximum Gasteiger partial charge on any atom is 0.0819 e. The van der Waals surface area contributed by atoms with Gasteiger partial charge in [-0.1, -0.05) is 28.4 Å². The van der Waals surface area contributed by atoms with Crippen LogP contribution in [0, 0.1) is 5.92 Å². The molecule has 1 aliphatic rings. The Balaban J connectivity index is 2.58. The maximum absolute atomic E-state index is 5.81. The van der Waals surface area contributed by atoms with E-state index < -0.39 is 0 Å². The van der Waals surface area contributed by atoms with Crippen molar-refractivity contribution in [3.63, 3.8) is 0 Å². The average Bonchev–Trinajstić information content (AvgIpc) is 2.32. The van der Waals surface area contributed by atoms with Crippen molar-refractivity contribution in [2.24, 2.45) is 5.92 Å². The lowest BCUT2D eigenvalue weighted by Gasteiger charge is -2.26. The molecule has 0 aliphatic carbocycles. The van der Waals surface area contributed by atoms with E-state index in [0.29, 0.717) is 5.92 Å². The second-order valence-corrected chi connectivity index (χ2v) is 4.63. The minimum atomic E-state index is 0.0469. The van der Waals surface area contributed by atoms with Crippen molar-refractivity contribution >= 4 is 15.9 Å². The zero-order chi connectivity index (χ0) is 9.19. The monoisotopic (exact) mass is 232 g/mol. The second-order valence-electron chi connectivity index (χ2n) is 4.07. The van der Waals surface area contributed by atoms with E-state index in [2.05, 4.69) is 36.4 Å². The summed E-state index contributed by atoms with van der Waals surface area (Å²) in [5.74, 6) is 0.696. The summed E-state index contributed by atoms with van der Waals surface area (Å²) in [4.78, 5) is 0. The zero-order valence-electron chi connectivity index (χ0n) is 7.90. The third-order valence-corrected chi connectivity index (χ3v) is 3.28. The molecule has 0 aromatic carbocycles. The fourth-order valence-electron chi connectivity index (χ4n) is 1.89. The summed E-state index contributed by atoms with van der Waals surface area (Å²) in [5, 5.41) is 0.928. The highest BCUT2D eigenvalue weighted by Gasteiger charge is 2.37. The van der Waals surface area contributed by atoms with Gasteiger partial charge in [0.2, 0.25) is 0 Å². The number of alkyl halides is 1. The number of hydrogen-bond donors (Lipinski definition) is 0. The summed E-state index contributed by atoms with van der Waals surface area (Å²) in [6.45, 7) is 9.14. The normalized spacial score (nSPS) is 35.4. The zero-order valence-corrected chi connectivity index (χ0v) is 9.49. The molecular formula is C10H17BrO. The molecule has 0 bridgehead atoms. The Kier molecular flexibility index (Phi) is 3.36. The van der Waals surface area contributed by atoms with Crippen LogP contribution in [0.1, 0.15) is 26.7 Å². The third kappa shape index (κ3) is 2.33. The first-order valence-corrected chi connectivity index (χ1v) is 5.54. The van der Waals surface area contributed by atoms with Crippen molar-refractivity contribution in [2.45, 2.75) is 32.3 Å². The Morgan fingerprint density at radius 1 is 1.75 bits per heavy atom. The highest BCUT2D eigenvalue weighted by atomic mass is 79.9. The van der Waals surface area contributed by atoms with Crippen molar-refractivity contribution < 1.29 is 4.74 Å². The second kappa shape index (κ2) is 3.93. The Morgan fingerprint density at radius 2 is 2.42 bits per heavy atom. The smallest absolute Gasteiger partial charge is 0.0819 e. The highest BCUT2D eigenvalue weighted by Crippen LogP contribution is 2.36. The minimum absolute atomic E-state index is 0.0469. The van der Waals surface area contributed by atoms with Crippen LogP contribution in [0.25, 0.3) is 0 Å². The van der Waals surface area contributed by atoms with Gasteiger partial charge >= 0.3 is 0 Å². The van der Waals surface area contributed by atoms with Gasteiger partial charge in [0.1, 0.15) is 0 Å². The van der Waals surface area contributed by atoms with Gasteiger partial charge in [-0.15, -0.1) is 6.58 Å². The molecule has 1 heterocycles. The Bertz CT molecular complexity index is 179. The molecule has 1 aliphatic heterocycles. The summed E-state index contributed by atoms with van der Waals surface area (Å²) in [7, 11) is 0. The van der Waals surface area contributed by atoms with Gasteiger partial charge in [0.05, 0.1) is 12.2 Å². The molecule has 0 spiro atoms. The van der Waals surface area contributed by atoms with Crippen LogP contribution < -0.4 is 0 Å². The van der Waals surface area contributed by atoms with Crippen LogP contribution in [-0.4, -0.2) is 17.5 Å². The molecule has 12 heavy (non-hydrogen) atoms. The summed E-state index contributed by atoms with van der Waals surface area (Å²) < 4.78 is 5.81. The number of ether oxygens (including phenoxy) is 1.